The molecule has 4 nitrogen and oxygen atoms in total. The van der Waals surface area contributed by atoms with E-state index >= 15 is 4.39 Å². The molecule has 0 atom stereocenters. The standard InChI is InChI=1S/C36H19F4N3OS/c37-27-10-14-32-30(17-27)34(33-25(18-41)5-2-6-26(33)19-42)35(43(32)45-28-11-8-22(9-12-28)36(39)40)24-4-1-3-23(16-24)29-13-7-21(20-44)15-31(29)38/h1-17,20,36H. The maximum Gasteiger partial charge on any atom is 0.263 e. The third-order valence-corrected chi connectivity index (χ3v) is 8.39. The third kappa shape index (κ3) is 5.46. The molecule has 0 spiro atoms. The Morgan fingerprint density at radius 2 is 1.44 bits per heavy atom. The molecule has 0 saturated heterocycles. The first-order chi connectivity index (χ1) is 21.8. The molecule has 0 saturated carbocycles. The maximum atomic E-state index is 15.1. The van der Waals surface area contributed by atoms with E-state index in [1.165, 1.54) is 48.3 Å². The van der Waals surface area contributed by atoms with Crippen LogP contribution in [0.3, 0.4) is 0 Å². The first-order valence-corrected chi connectivity index (χ1v) is 14.3. The molecule has 5 aromatic carbocycles. The van der Waals surface area contributed by atoms with Gasteiger partial charge in [-0.05, 0) is 72.1 Å². The summed E-state index contributed by atoms with van der Waals surface area (Å²) in [5, 5.41) is 20.6. The maximum absolute atomic E-state index is 15.1. The monoisotopic (exact) mass is 617 g/mol. The molecular weight excluding hydrogens is 598 g/mol. The van der Waals surface area contributed by atoms with Gasteiger partial charge in [-0.15, -0.1) is 0 Å². The predicted octanol–water partition coefficient (Wildman–Crippen LogP) is 9.97. The molecule has 0 N–H and O–H groups in total. The molecular formula is C36H19F4N3OS. The van der Waals surface area contributed by atoms with Crippen molar-refractivity contribution < 1.29 is 22.4 Å². The van der Waals surface area contributed by atoms with E-state index in [4.69, 9.17) is 0 Å². The van der Waals surface area contributed by atoms with Crippen LogP contribution in [0.4, 0.5) is 17.6 Å². The Bertz CT molecular complexity index is 2160. The summed E-state index contributed by atoms with van der Waals surface area (Å²) in [6.45, 7) is 0. The zero-order valence-electron chi connectivity index (χ0n) is 23.1. The fourth-order valence-corrected chi connectivity index (χ4v) is 6.32. The lowest BCUT2D eigenvalue weighted by Crippen LogP contribution is -1.96. The zero-order valence-corrected chi connectivity index (χ0v) is 24.0. The normalized spacial score (nSPS) is 11.0. The van der Waals surface area contributed by atoms with Crippen molar-refractivity contribution in [2.24, 2.45) is 0 Å². The predicted molar refractivity (Wildman–Crippen MR) is 166 cm³/mol. The molecule has 6 rings (SSSR count). The Morgan fingerprint density at radius 3 is 2.09 bits per heavy atom. The number of rotatable bonds is 7. The Balaban J connectivity index is 1.69. The van der Waals surface area contributed by atoms with Crippen LogP contribution in [0, 0.1) is 34.3 Å². The van der Waals surface area contributed by atoms with Gasteiger partial charge in [0.25, 0.3) is 6.43 Å². The van der Waals surface area contributed by atoms with E-state index in [0.717, 1.165) is 6.07 Å². The highest BCUT2D eigenvalue weighted by atomic mass is 32.2. The van der Waals surface area contributed by atoms with E-state index in [-0.39, 0.29) is 27.8 Å². The lowest BCUT2D eigenvalue weighted by atomic mass is 9.90. The van der Waals surface area contributed by atoms with Crippen LogP contribution in [-0.4, -0.2) is 10.3 Å². The number of halogens is 4. The van der Waals surface area contributed by atoms with Gasteiger partial charge in [0.1, 0.15) is 17.9 Å². The van der Waals surface area contributed by atoms with Crippen molar-refractivity contribution in [3.8, 4) is 45.6 Å². The van der Waals surface area contributed by atoms with E-state index in [9.17, 15) is 28.5 Å². The van der Waals surface area contributed by atoms with E-state index in [1.54, 1.807) is 64.6 Å². The molecule has 0 aliphatic rings. The topological polar surface area (TPSA) is 69.6 Å². The van der Waals surface area contributed by atoms with E-state index in [0.29, 0.717) is 50.0 Å². The molecule has 1 aromatic heterocycles. The van der Waals surface area contributed by atoms with Crippen LogP contribution < -0.4 is 0 Å². The van der Waals surface area contributed by atoms with Gasteiger partial charge in [0, 0.05) is 43.7 Å². The van der Waals surface area contributed by atoms with Crippen LogP contribution in [0.5, 0.6) is 0 Å². The zero-order chi connectivity index (χ0) is 31.7. The van der Waals surface area contributed by atoms with Crippen molar-refractivity contribution in [2.75, 3.05) is 0 Å². The van der Waals surface area contributed by atoms with Crippen molar-refractivity contribution in [3.63, 3.8) is 0 Å². The average molecular weight is 618 g/mol. The number of carbonyl (C=O) groups excluding carboxylic acids is 1. The Morgan fingerprint density at radius 1 is 0.756 bits per heavy atom. The SMILES string of the molecule is N#Cc1cccc(C#N)c1-c1c(-c2cccc(-c3ccc(C=O)cc3F)c2)n(Sc2ccc(C(F)F)cc2)c2ccc(F)cc12. The average Bonchev–Trinajstić information content (AvgIpc) is 3.36. The van der Waals surface area contributed by atoms with Crippen LogP contribution in [0.25, 0.3) is 44.4 Å². The molecule has 0 radical (unpaired) electrons. The number of hydrogen-bond acceptors (Lipinski definition) is 4. The van der Waals surface area contributed by atoms with Crippen molar-refractivity contribution >= 4 is 29.1 Å². The van der Waals surface area contributed by atoms with Crippen LogP contribution in [0.15, 0.2) is 108 Å². The molecule has 1 heterocycles. The van der Waals surface area contributed by atoms with E-state index in [2.05, 4.69) is 12.1 Å². The quantitative estimate of drug-likeness (QED) is 0.132. The largest absolute Gasteiger partial charge is 0.298 e. The molecule has 0 fully saturated rings. The molecule has 0 bridgehead atoms. The highest BCUT2D eigenvalue weighted by molar-refractivity contribution is 7.98. The highest BCUT2D eigenvalue weighted by Gasteiger charge is 2.26. The second-order valence-corrected chi connectivity index (χ2v) is 11.0. The molecule has 0 aliphatic carbocycles. The number of hydrogen-bond donors (Lipinski definition) is 0. The number of fused-ring (bicyclic) bond motifs is 1. The van der Waals surface area contributed by atoms with Crippen molar-refractivity contribution in [2.45, 2.75) is 11.3 Å². The Labute approximate surface area is 259 Å². The van der Waals surface area contributed by atoms with Gasteiger partial charge in [-0.1, -0.05) is 48.5 Å². The van der Waals surface area contributed by atoms with Crippen molar-refractivity contribution in [1.82, 2.24) is 3.97 Å². The number of alkyl halides is 2. The lowest BCUT2D eigenvalue weighted by molar-refractivity contribution is 0.112. The summed E-state index contributed by atoms with van der Waals surface area (Å²) >= 11 is 1.19. The summed E-state index contributed by atoms with van der Waals surface area (Å²) < 4.78 is 58.4. The molecule has 218 valence electrons. The summed E-state index contributed by atoms with van der Waals surface area (Å²) in [6, 6.07) is 30.0. The summed E-state index contributed by atoms with van der Waals surface area (Å²) in [5.74, 6) is -1.15. The lowest BCUT2D eigenvalue weighted by Gasteiger charge is -2.15. The minimum atomic E-state index is -2.64. The van der Waals surface area contributed by atoms with Gasteiger partial charge in [0.2, 0.25) is 0 Å². The van der Waals surface area contributed by atoms with Gasteiger partial charge < -0.3 is 0 Å². The minimum Gasteiger partial charge on any atom is -0.298 e. The molecule has 9 heteroatoms. The summed E-state index contributed by atoms with van der Waals surface area (Å²) in [5.41, 5.74) is 3.41. The Hall–Kier alpha value is -5.64. The van der Waals surface area contributed by atoms with Crippen molar-refractivity contribution in [3.05, 3.63) is 137 Å². The van der Waals surface area contributed by atoms with Gasteiger partial charge in [0.05, 0.1) is 34.5 Å². The van der Waals surface area contributed by atoms with E-state index in [1.807, 2.05) is 0 Å². The minimum absolute atomic E-state index is 0.142. The van der Waals surface area contributed by atoms with Crippen molar-refractivity contribution in [1.29, 1.82) is 10.5 Å². The van der Waals surface area contributed by atoms with Gasteiger partial charge >= 0.3 is 0 Å². The number of nitrogens with zero attached hydrogens (tertiary/aromatic N) is 3. The fourth-order valence-electron chi connectivity index (χ4n) is 5.31. The van der Waals surface area contributed by atoms with Crippen LogP contribution >= 0.6 is 11.9 Å². The van der Waals surface area contributed by atoms with Gasteiger partial charge in [-0.25, -0.2) is 17.6 Å². The van der Waals surface area contributed by atoms with Gasteiger partial charge in [-0.2, -0.15) is 10.5 Å². The van der Waals surface area contributed by atoms with E-state index < -0.39 is 18.1 Å². The van der Waals surface area contributed by atoms with Gasteiger partial charge in [0.15, 0.2) is 0 Å². The number of aldehydes is 1. The molecule has 0 unspecified atom stereocenters. The third-order valence-electron chi connectivity index (χ3n) is 7.35. The number of benzene rings is 5. The first kappa shape index (κ1) is 29.4. The Kier molecular flexibility index (Phi) is 7.95. The molecule has 0 amide bonds. The second kappa shape index (κ2) is 12.2. The van der Waals surface area contributed by atoms with Crippen LogP contribution in [0.1, 0.15) is 33.5 Å². The summed E-state index contributed by atoms with van der Waals surface area (Å²) in [6.07, 6.45) is -2.09. The summed E-state index contributed by atoms with van der Waals surface area (Å²) in [4.78, 5) is 11.8. The highest BCUT2D eigenvalue weighted by Crippen LogP contribution is 2.47. The number of nitriles is 2. The molecule has 45 heavy (non-hydrogen) atoms. The van der Waals surface area contributed by atoms with Crippen LogP contribution in [0.2, 0.25) is 0 Å². The fraction of sp³-hybridized carbons (Fsp3) is 0.0278. The number of carbonyl (C=O) groups is 1. The summed E-state index contributed by atoms with van der Waals surface area (Å²) in [7, 11) is 0. The smallest absolute Gasteiger partial charge is 0.263 e. The number of aromatic nitrogens is 1. The van der Waals surface area contributed by atoms with Gasteiger partial charge in [-0.3, -0.25) is 8.77 Å². The first-order valence-electron chi connectivity index (χ1n) is 13.5. The molecule has 0 aliphatic heterocycles. The second-order valence-electron chi connectivity index (χ2n) is 10.0. The van der Waals surface area contributed by atoms with Crippen LogP contribution in [-0.2, 0) is 0 Å². The molecule has 6 aromatic rings.